The average molecular weight is 134 g/mol. The van der Waals surface area contributed by atoms with E-state index >= 15 is 0 Å². The summed E-state index contributed by atoms with van der Waals surface area (Å²) >= 11 is 0. The van der Waals surface area contributed by atoms with E-state index in [1.807, 2.05) is 0 Å². The maximum atomic E-state index is 5.60. The number of hydrogen-bond acceptors (Lipinski definition) is 4. The third-order valence-electron chi connectivity index (χ3n) is 1.44. The van der Waals surface area contributed by atoms with E-state index in [4.69, 9.17) is 5.73 Å². The molecule has 50 valence electrons. The van der Waals surface area contributed by atoms with Crippen LogP contribution in [0.15, 0.2) is 26.8 Å². The molecule has 4 heteroatoms. The highest BCUT2D eigenvalue weighted by Crippen LogP contribution is 2.11. The van der Waals surface area contributed by atoms with Crippen molar-refractivity contribution >= 4 is 18.4 Å². The quantitative estimate of drug-likeness (QED) is 0.486. The Labute approximate surface area is 57.9 Å². The summed E-state index contributed by atoms with van der Waals surface area (Å²) in [5.74, 6) is 0.694. The van der Waals surface area contributed by atoms with Gasteiger partial charge in [-0.2, -0.15) is 0 Å². The van der Waals surface area contributed by atoms with Crippen molar-refractivity contribution < 1.29 is 0 Å². The lowest BCUT2D eigenvalue weighted by atomic mass is 10.2. The van der Waals surface area contributed by atoms with Crippen molar-refractivity contribution in [2.45, 2.75) is 6.04 Å². The van der Waals surface area contributed by atoms with Crippen molar-refractivity contribution in [1.82, 2.24) is 0 Å². The summed E-state index contributed by atoms with van der Waals surface area (Å²) in [6, 6.07) is -0.106. The van der Waals surface area contributed by atoms with Crippen molar-refractivity contribution in [2.24, 2.45) is 20.7 Å². The van der Waals surface area contributed by atoms with Crippen LogP contribution in [0.25, 0.3) is 0 Å². The molecule has 2 N–H and O–H groups in total. The topological polar surface area (TPSA) is 63.1 Å². The van der Waals surface area contributed by atoms with Crippen LogP contribution < -0.4 is 5.73 Å². The number of hydrogen-bond donors (Lipinski definition) is 1. The lowest BCUT2D eigenvalue weighted by Crippen LogP contribution is -2.24. The van der Waals surface area contributed by atoms with Crippen molar-refractivity contribution in [2.75, 3.05) is 0 Å². The van der Waals surface area contributed by atoms with Gasteiger partial charge in [-0.1, -0.05) is 0 Å². The highest BCUT2D eigenvalue weighted by Gasteiger charge is 2.21. The van der Waals surface area contributed by atoms with Crippen LogP contribution in [0.3, 0.4) is 0 Å². The molecule has 0 spiro atoms. The largest absolute Gasteiger partial charge is 0.400 e. The summed E-state index contributed by atoms with van der Waals surface area (Å²) in [6.07, 6.45) is 4.87. The lowest BCUT2D eigenvalue weighted by molar-refractivity contribution is 0.986. The van der Waals surface area contributed by atoms with Gasteiger partial charge in [0.1, 0.15) is 6.34 Å². The number of nitrogens with two attached hydrogens (primary N) is 1. The molecule has 1 atom stereocenters. The maximum absolute atomic E-state index is 5.60. The van der Waals surface area contributed by atoms with Crippen molar-refractivity contribution in [3.63, 3.8) is 0 Å². The minimum absolute atomic E-state index is 0.106. The van der Waals surface area contributed by atoms with E-state index in [-0.39, 0.29) is 6.04 Å². The minimum atomic E-state index is -0.106. The Bertz CT molecular complexity index is 271. The molecule has 2 heterocycles. The smallest absolute Gasteiger partial charge is 0.160 e. The second-order valence-electron chi connectivity index (χ2n) is 2.10. The molecule has 0 unspecified atom stereocenters. The summed E-state index contributed by atoms with van der Waals surface area (Å²) in [4.78, 5) is 11.9. The average Bonchev–Trinajstić information content (AvgIpc) is 2.36. The molecule has 4 nitrogen and oxygen atoms in total. The molecule has 2 aliphatic rings. The molecule has 2 rings (SSSR count). The van der Waals surface area contributed by atoms with E-state index in [0.29, 0.717) is 11.5 Å². The van der Waals surface area contributed by atoms with Gasteiger partial charge >= 0.3 is 0 Å². The van der Waals surface area contributed by atoms with E-state index in [9.17, 15) is 0 Å². The van der Waals surface area contributed by atoms with E-state index in [2.05, 4.69) is 15.0 Å². The highest BCUT2D eigenvalue weighted by molar-refractivity contribution is 6.06. The molecule has 0 saturated carbocycles. The zero-order chi connectivity index (χ0) is 6.97. The van der Waals surface area contributed by atoms with Gasteiger partial charge in [-0.15, -0.1) is 0 Å². The second-order valence-corrected chi connectivity index (χ2v) is 2.10. The van der Waals surface area contributed by atoms with Crippen molar-refractivity contribution in [3.05, 3.63) is 11.8 Å². The van der Waals surface area contributed by atoms with E-state index in [1.54, 1.807) is 12.3 Å². The van der Waals surface area contributed by atoms with Crippen molar-refractivity contribution in [3.8, 4) is 0 Å². The normalized spacial score (nSPS) is 27.8. The van der Waals surface area contributed by atoms with Crippen molar-refractivity contribution in [1.29, 1.82) is 0 Å². The van der Waals surface area contributed by atoms with E-state index in [1.165, 1.54) is 6.34 Å². The predicted octanol–water partition coefficient (Wildman–Crippen LogP) is -0.278. The Morgan fingerprint density at radius 2 is 2.40 bits per heavy atom. The van der Waals surface area contributed by atoms with Crippen LogP contribution in [0.5, 0.6) is 0 Å². The standard InChI is InChI=1S/C6H6N4/c7-4-1-2-8-6-5(4)9-3-10-6/h1-3,5H,7H2/t5-/m0/s1. The molecule has 0 bridgehead atoms. The zero-order valence-electron chi connectivity index (χ0n) is 5.23. The summed E-state index contributed by atoms with van der Waals surface area (Å²) in [5.41, 5.74) is 6.31. The van der Waals surface area contributed by atoms with Gasteiger partial charge in [0.05, 0.1) is 0 Å². The fraction of sp³-hybridized carbons (Fsp3) is 0.167. The van der Waals surface area contributed by atoms with E-state index < -0.39 is 0 Å². The molecule has 0 aromatic carbocycles. The molecule has 10 heavy (non-hydrogen) atoms. The Hall–Kier alpha value is -1.45. The van der Waals surface area contributed by atoms with Crippen LogP contribution in [0.1, 0.15) is 0 Å². The fourth-order valence-corrected chi connectivity index (χ4v) is 0.926. The predicted molar refractivity (Wildman–Crippen MR) is 40.5 cm³/mol. The number of aliphatic imine (C=N–C) groups is 3. The van der Waals surface area contributed by atoms with Gasteiger partial charge in [-0.05, 0) is 6.08 Å². The van der Waals surface area contributed by atoms with Gasteiger partial charge in [0, 0.05) is 11.9 Å². The summed E-state index contributed by atoms with van der Waals surface area (Å²) in [7, 11) is 0. The maximum Gasteiger partial charge on any atom is 0.160 e. The van der Waals surface area contributed by atoms with Gasteiger partial charge in [-0.25, -0.2) is 9.98 Å². The first-order valence-electron chi connectivity index (χ1n) is 2.97. The second kappa shape index (κ2) is 1.76. The number of allylic oxidation sites excluding steroid dienone is 1. The van der Waals surface area contributed by atoms with Gasteiger partial charge in [-0.3, -0.25) is 4.99 Å². The van der Waals surface area contributed by atoms with Gasteiger partial charge in [0.15, 0.2) is 11.9 Å². The zero-order valence-corrected chi connectivity index (χ0v) is 5.23. The molecule has 2 aliphatic heterocycles. The van der Waals surface area contributed by atoms with Crippen LogP contribution in [0.2, 0.25) is 0 Å². The SMILES string of the molecule is NC1=CC=NC2=NC=N[C@@H]12. The molecular formula is C6H6N4. The number of dihydropyridines is 1. The third kappa shape index (κ3) is 0.586. The molecule has 0 aliphatic carbocycles. The molecular weight excluding hydrogens is 128 g/mol. The van der Waals surface area contributed by atoms with Crippen LogP contribution in [-0.4, -0.2) is 24.4 Å². The summed E-state index contributed by atoms with van der Waals surface area (Å²) < 4.78 is 0. The van der Waals surface area contributed by atoms with Gasteiger partial charge < -0.3 is 5.73 Å². The van der Waals surface area contributed by atoms with Crippen LogP contribution in [0.4, 0.5) is 0 Å². The molecule has 0 aromatic heterocycles. The first kappa shape index (κ1) is 5.34. The number of rotatable bonds is 0. The number of fused-ring (bicyclic) bond motifs is 1. The summed E-state index contributed by atoms with van der Waals surface area (Å²) in [6.45, 7) is 0. The highest BCUT2D eigenvalue weighted by atomic mass is 15.1. The first-order valence-corrected chi connectivity index (χ1v) is 2.97. The Morgan fingerprint density at radius 3 is 3.20 bits per heavy atom. The van der Waals surface area contributed by atoms with Crippen LogP contribution >= 0.6 is 0 Å². The number of nitrogens with zero attached hydrogens (tertiary/aromatic N) is 3. The van der Waals surface area contributed by atoms with Crippen LogP contribution in [0, 0.1) is 0 Å². The number of amidine groups is 1. The molecule has 0 saturated heterocycles. The lowest BCUT2D eigenvalue weighted by Gasteiger charge is -2.09. The van der Waals surface area contributed by atoms with Crippen LogP contribution in [-0.2, 0) is 0 Å². The minimum Gasteiger partial charge on any atom is -0.400 e. The Kier molecular flexibility index (Phi) is 0.943. The molecule has 0 radical (unpaired) electrons. The fourth-order valence-electron chi connectivity index (χ4n) is 0.926. The molecule has 0 amide bonds. The van der Waals surface area contributed by atoms with Gasteiger partial charge in [0.25, 0.3) is 0 Å². The first-order chi connectivity index (χ1) is 4.88. The summed E-state index contributed by atoms with van der Waals surface area (Å²) in [5, 5.41) is 0. The van der Waals surface area contributed by atoms with Gasteiger partial charge in [0.2, 0.25) is 0 Å². The third-order valence-corrected chi connectivity index (χ3v) is 1.44. The Balaban J connectivity index is 2.43. The molecule has 0 fully saturated rings. The monoisotopic (exact) mass is 134 g/mol. The van der Waals surface area contributed by atoms with E-state index in [0.717, 1.165) is 0 Å². The molecule has 0 aromatic rings. The Morgan fingerprint density at radius 1 is 1.50 bits per heavy atom.